The first-order valence-electron chi connectivity index (χ1n) is 8.97. The molecule has 0 saturated heterocycles. The SMILES string of the molecule is COc1ccc2c(C)cc3nnc(SCC(=O)Nc4ccc(Br)cc4C)n3c2c1. The van der Waals surface area contributed by atoms with Gasteiger partial charge in [0.05, 0.1) is 18.4 Å². The highest BCUT2D eigenvalue weighted by molar-refractivity contribution is 9.10. The topological polar surface area (TPSA) is 68.5 Å². The molecular weight excluding hydrogens is 452 g/mol. The maximum absolute atomic E-state index is 12.5. The Bertz CT molecular complexity index is 1240. The number of nitrogens with one attached hydrogen (secondary N) is 1. The summed E-state index contributed by atoms with van der Waals surface area (Å²) in [5.74, 6) is 0.902. The van der Waals surface area contributed by atoms with Gasteiger partial charge >= 0.3 is 0 Å². The van der Waals surface area contributed by atoms with Crippen LogP contribution in [0.25, 0.3) is 16.6 Å². The van der Waals surface area contributed by atoms with E-state index in [0.717, 1.165) is 43.6 Å². The highest BCUT2D eigenvalue weighted by Crippen LogP contribution is 2.29. The minimum absolute atomic E-state index is 0.0915. The van der Waals surface area contributed by atoms with E-state index in [-0.39, 0.29) is 11.7 Å². The number of thioether (sulfide) groups is 1. The molecule has 6 nitrogen and oxygen atoms in total. The quantitative estimate of drug-likeness (QED) is 0.415. The van der Waals surface area contributed by atoms with Crippen molar-refractivity contribution < 1.29 is 9.53 Å². The molecule has 4 rings (SSSR count). The third-order valence-electron chi connectivity index (χ3n) is 4.67. The predicted octanol–water partition coefficient (Wildman–Crippen LogP) is 5.00. The molecule has 0 aliphatic carbocycles. The average Bonchev–Trinajstić information content (AvgIpc) is 3.11. The van der Waals surface area contributed by atoms with Crippen LogP contribution in [0.4, 0.5) is 5.69 Å². The highest BCUT2D eigenvalue weighted by Gasteiger charge is 2.14. The van der Waals surface area contributed by atoms with Gasteiger partial charge in [-0.15, -0.1) is 10.2 Å². The molecule has 2 aromatic carbocycles. The van der Waals surface area contributed by atoms with E-state index in [0.29, 0.717) is 5.16 Å². The minimum Gasteiger partial charge on any atom is -0.497 e. The summed E-state index contributed by atoms with van der Waals surface area (Å²) >= 11 is 4.79. The maximum Gasteiger partial charge on any atom is 0.234 e. The first-order valence-corrected chi connectivity index (χ1v) is 10.8. The van der Waals surface area contributed by atoms with Crippen molar-refractivity contribution in [2.24, 2.45) is 0 Å². The standard InChI is InChI=1S/C21H19BrN4O2S/c1-12-9-19-24-25-21(26(19)18-10-15(28-3)5-6-16(12)18)29-11-20(27)23-17-7-4-14(22)8-13(17)2/h4-10H,11H2,1-3H3,(H,23,27). The second-order valence-electron chi connectivity index (χ2n) is 6.68. The minimum atomic E-state index is -0.0915. The summed E-state index contributed by atoms with van der Waals surface area (Å²) in [5, 5.41) is 13.3. The number of carbonyl (C=O) groups excluding carboxylic acids is 1. The van der Waals surface area contributed by atoms with E-state index < -0.39 is 0 Å². The van der Waals surface area contributed by atoms with Crippen LogP contribution in [0.3, 0.4) is 0 Å². The van der Waals surface area contributed by atoms with Crippen molar-refractivity contribution in [2.45, 2.75) is 19.0 Å². The fourth-order valence-corrected chi connectivity index (χ4v) is 4.43. The number of nitrogens with zero attached hydrogens (tertiary/aromatic N) is 3. The van der Waals surface area contributed by atoms with Crippen LogP contribution in [-0.2, 0) is 4.79 Å². The summed E-state index contributed by atoms with van der Waals surface area (Å²) in [4.78, 5) is 12.5. The fourth-order valence-electron chi connectivity index (χ4n) is 3.21. The molecule has 1 N–H and O–H groups in total. The number of anilines is 1. The molecule has 0 spiro atoms. The van der Waals surface area contributed by atoms with E-state index in [4.69, 9.17) is 4.74 Å². The van der Waals surface area contributed by atoms with E-state index in [2.05, 4.69) is 31.4 Å². The predicted molar refractivity (Wildman–Crippen MR) is 120 cm³/mol. The molecule has 0 aliphatic rings. The molecule has 2 aromatic heterocycles. The van der Waals surface area contributed by atoms with Gasteiger partial charge < -0.3 is 10.1 Å². The number of pyridine rings is 1. The molecule has 0 bridgehead atoms. The summed E-state index contributed by atoms with van der Waals surface area (Å²) in [6, 6.07) is 13.7. The third-order valence-corrected chi connectivity index (χ3v) is 6.09. The van der Waals surface area contributed by atoms with Gasteiger partial charge in [-0.25, -0.2) is 0 Å². The van der Waals surface area contributed by atoms with Crippen LogP contribution >= 0.6 is 27.7 Å². The van der Waals surface area contributed by atoms with E-state index in [1.54, 1.807) is 7.11 Å². The van der Waals surface area contributed by atoms with Crippen molar-refractivity contribution >= 4 is 55.8 Å². The van der Waals surface area contributed by atoms with Gasteiger partial charge in [-0.2, -0.15) is 0 Å². The molecule has 0 aliphatic heterocycles. The first-order chi connectivity index (χ1) is 14.0. The fraction of sp³-hybridized carbons (Fsp3) is 0.190. The van der Waals surface area contributed by atoms with Crippen molar-refractivity contribution in [3.8, 4) is 5.75 Å². The molecule has 0 radical (unpaired) electrons. The zero-order chi connectivity index (χ0) is 20.5. The van der Waals surface area contributed by atoms with Gasteiger partial charge in [0.25, 0.3) is 0 Å². The van der Waals surface area contributed by atoms with Crippen molar-refractivity contribution in [3.05, 3.63) is 58.1 Å². The van der Waals surface area contributed by atoms with Crippen LogP contribution in [0.2, 0.25) is 0 Å². The van der Waals surface area contributed by atoms with E-state index in [1.807, 2.05) is 60.7 Å². The molecule has 2 heterocycles. The number of rotatable bonds is 5. The monoisotopic (exact) mass is 470 g/mol. The average molecular weight is 471 g/mol. The number of halogens is 1. The van der Waals surface area contributed by atoms with Crippen molar-refractivity contribution in [1.82, 2.24) is 14.6 Å². The van der Waals surface area contributed by atoms with Gasteiger partial charge in [0, 0.05) is 21.6 Å². The summed E-state index contributed by atoms with van der Waals surface area (Å²) in [5.41, 5.74) is 4.61. The second kappa shape index (κ2) is 8.04. The number of hydrogen-bond acceptors (Lipinski definition) is 5. The molecular formula is C21H19BrN4O2S. The Labute approximate surface area is 180 Å². The van der Waals surface area contributed by atoms with Crippen LogP contribution in [0.1, 0.15) is 11.1 Å². The third kappa shape index (κ3) is 3.95. The van der Waals surface area contributed by atoms with Crippen LogP contribution in [0.15, 0.2) is 52.1 Å². The molecule has 0 atom stereocenters. The summed E-state index contributed by atoms with van der Waals surface area (Å²) < 4.78 is 8.33. The zero-order valence-electron chi connectivity index (χ0n) is 16.2. The van der Waals surface area contributed by atoms with E-state index >= 15 is 0 Å². The second-order valence-corrected chi connectivity index (χ2v) is 8.54. The van der Waals surface area contributed by atoms with Gasteiger partial charge in [-0.05, 0) is 61.4 Å². The number of methoxy groups -OCH3 is 1. The van der Waals surface area contributed by atoms with Gasteiger partial charge in [-0.1, -0.05) is 27.7 Å². The molecule has 0 unspecified atom stereocenters. The van der Waals surface area contributed by atoms with Crippen LogP contribution in [0.5, 0.6) is 5.75 Å². The van der Waals surface area contributed by atoms with Gasteiger partial charge in [0.1, 0.15) is 5.75 Å². The van der Waals surface area contributed by atoms with E-state index in [1.165, 1.54) is 11.8 Å². The molecule has 8 heteroatoms. The number of amides is 1. The zero-order valence-corrected chi connectivity index (χ0v) is 18.6. The van der Waals surface area contributed by atoms with Crippen molar-refractivity contribution in [3.63, 3.8) is 0 Å². The van der Waals surface area contributed by atoms with Gasteiger partial charge in [-0.3, -0.25) is 9.20 Å². The Kier molecular flexibility index (Phi) is 5.47. The number of hydrogen-bond donors (Lipinski definition) is 1. The Morgan fingerprint density at radius 2 is 1.97 bits per heavy atom. The molecule has 4 aromatic rings. The van der Waals surface area contributed by atoms with Gasteiger partial charge in [0.2, 0.25) is 5.91 Å². The Hall–Kier alpha value is -2.58. The number of aryl methyl sites for hydroxylation is 2. The lowest BCUT2D eigenvalue weighted by Crippen LogP contribution is -2.15. The number of carbonyl (C=O) groups is 1. The lowest BCUT2D eigenvalue weighted by atomic mass is 10.1. The molecule has 148 valence electrons. The normalized spacial score (nSPS) is 11.2. The Morgan fingerprint density at radius 1 is 1.14 bits per heavy atom. The number of fused-ring (bicyclic) bond motifs is 3. The summed E-state index contributed by atoms with van der Waals surface area (Å²) in [6.45, 7) is 4.01. The summed E-state index contributed by atoms with van der Waals surface area (Å²) in [6.07, 6.45) is 0. The number of ether oxygens (including phenoxy) is 1. The molecule has 0 fully saturated rings. The lowest BCUT2D eigenvalue weighted by molar-refractivity contribution is -0.113. The summed E-state index contributed by atoms with van der Waals surface area (Å²) in [7, 11) is 1.64. The highest BCUT2D eigenvalue weighted by atomic mass is 79.9. The van der Waals surface area contributed by atoms with Crippen molar-refractivity contribution in [1.29, 1.82) is 0 Å². The molecule has 29 heavy (non-hydrogen) atoms. The molecule has 0 saturated carbocycles. The molecule has 1 amide bonds. The Morgan fingerprint density at radius 3 is 2.72 bits per heavy atom. The maximum atomic E-state index is 12.5. The first kappa shape index (κ1) is 19.7. The largest absolute Gasteiger partial charge is 0.497 e. The number of benzene rings is 2. The smallest absolute Gasteiger partial charge is 0.234 e. The van der Waals surface area contributed by atoms with Gasteiger partial charge in [0.15, 0.2) is 10.8 Å². The van der Waals surface area contributed by atoms with Crippen LogP contribution in [0, 0.1) is 13.8 Å². The Balaban J connectivity index is 1.61. The van der Waals surface area contributed by atoms with Crippen molar-refractivity contribution in [2.75, 3.05) is 18.2 Å². The van der Waals surface area contributed by atoms with E-state index in [9.17, 15) is 4.79 Å². The van der Waals surface area contributed by atoms with Crippen LogP contribution in [-0.4, -0.2) is 33.4 Å². The van der Waals surface area contributed by atoms with Crippen LogP contribution < -0.4 is 10.1 Å². The number of aromatic nitrogens is 3. The lowest BCUT2D eigenvalue weighted by Gasteiger charge is -2.10.